The second-order valence-electron chi connectivity index (χ2n) is 1.18. The van der Waals surface area contributed by atoms with Crippen molar-refractivity contribution in [3.8, 4) is 0 Å². The van der Waals surface area contributed by atoms with Crippen molar-refractivity contribution in [2.75, 3.05) is 0 Å². The Labute approximate surface area is 61.0 Å². The molecule has 0 radical (unpaired) electrons. The first kappa shape index (κ1) is 7.87. The first-order chi connectivity index (χ1) is 3.66. The lowest BCUT2D eigenvalue weighted by atomic mass is 10.5. The summed E-state index contributed by atoms with van der Waals surface area (Å²) in [5, 5.41) is 2.10. The van der Waals surface area contributed by atoms with Gasteiger partial charge in [-0.2, -0.15) is 0 Å². The van der Waals surface area contributed by atoms with E-state index in [0.29, 0.717) is 6.42 Å². The molecule has 2 amide bonds. The van der Waals surface area contributed by atoms with Crippen molar-refractivity contribution in [3.05, 3.63) is 0 Å². The van der Waals surface area contributed by atoms with Gasteiger partial charge in [-0.05, 0) is 0 Å². The molecule has 0 aliphatic rings. The van der Waals surface area contributed by atoms with Gasteiger partial charge in [0.1, 0.15) is 0 Å². The lowest BCUT2D eigenvalue weighted by Crippen LogP contribution is -2.23. The fourth-order valence-electron chi connectivity index (χ4n) is 0.198. The zero-order valence-electron chi connectivity index (χ0n) is 4.40. The highest BCUT2D eigenvalue weighted by molar-refractivity contribution is 14.1. The molecule has 8 heavy (non-hydrogen) atoms. The number of halogens is 1. The Balaban J connectivity index is 3.40. The molecule has 1 N–H and O–H groups in total. The van der Waals surface area contributed by atoms with E-state index >= 15 is 0 Å². The van der Waals surface area contributed by atoms with Gasteiger partial charge in [0.25, 0.3) is 3.91 Å². The highest BCUT2D eigenvalue weighted by atomic mass is 127. The number of nitrogens with one attached hydrogen (secondary N) is 1. The molecule has 4 heteroatoms. The fourth-order valence-corrected chi connectivity index (χ4v) is 0.499. The molecule has 0 unspecified atom stereocenters. The molecule has 0 aliphatic carbocycles. The van der Waals surface area contributed by atoms with E-state index in [9.17, 15) is 9.59 Å². The van der Waals surface area contributed by atoms with Gasteiger partial charge < -0.3 is 0 Å². The van der Waals surface area contributed by atoms with Crippen LogP contribution in [0.25, 0.3) is 0 Å². The van der Waals surface area contributed by atoms with Crippen LogP contribution >= 0.6 is 22.6 Å². The van der Waals surface area contributed by atoms with Gasteiger partial charge in [-0.3, -0.25) is 14.9 Å². The number of carbonyl (C=O) groups excluding carboxylic acids is 2. The number of carbonyl (C=O) groups is 2. The number of rotatable bonds is 1. The number of imide groups is 1. The zero-order chi connectivity index (χ0) is 6.57. The lowest BCUT2D eigenvalue weighted by Gasteiger charge is -1.91. The van der Waals surface area contributed by atoms with Crippen molar-refractivity contribution in [3.63, 3.8) is 0 Å². The van der Waals surface area contributed by atoms with Crippen molar-refractivity contribution in [1.82, 2.24) is 5.32 Å². The van der Waals surface area contributed by atoms with E-state index in [1.54, 1.807) is 6.92 Å². The molecular formula is C4H6INO2. The average molecular weight is 227 g/mol. The summed E-state index contributed by atoms with van der Waals surface area (Å²) in [5.41, 5.74) is 0. The largest absolute Gasteiger partial charge is 0.288 e. The first-order valence-corrected chi connectivity index (χ1v) is 3.24. The summed E-state index contributed by atoms with van der Waals surface area (Å²) in [6.45, 7) is 1.69. The number of hydrogen-bond acceptors (Lipinski definition) is 2. The Kier molecular flexibility index (Phi) is 3.76. The van der Waals surface area contributed by atoms with E-state index in [4.69, 9.17) is 0 Å². The molecule has 46 valence electrons. The maximum Gasteiger partial charge on any atom is 0.287 e. The van der Waals surface area contributed by atoms with E-state index < -0.39 is 0 Å². The second-order valence-corrected chi connectivity index (χ2v) is 2.16. The molecule has 3 nitrogen and oxygen atoms in total. The van der Waals surface area contributed by atoms with Crippen molar-refractivity contribution < 1.29 is 9.59 Å². The molecule has 0 heterocycles. The summed E-state index contributed by atoms with van der Waals surface area (Å²) >= 11 is 1.51. The van der Waals surface area contributed by atoms with Crippen LogP contribution in [0, 0.1) is 0 Å². The average Bonchev–Trinajstić information content (AvgIpc) is 1.65. The van der Waals surface area contributed by atoms with Crippen LogP contribution in [0.3, 0.4) is 0 Å². The summed E-state index contributed by atoms with van der Waals surface area (Å²) in [7, 11) is 0. The molecular weight excluding hydrogens is 221 g/mol. The molecule has 0 rings (SSSR count). The van der Waals surface area contributed by atoms with Crippen LogP contribution in [-0.2, 0) is 4.79 Å². The van der Waals surface area contributed by atoms with Crippen molar-refractivity contribution in [2.24, 2.45) is 0 Å². The van der Waals surface area contributed by atoms with Gasteiger partial charge in [0.05, 0.1) is 0 Å². The van der Waals surface area contributed by atoms with Crippen LogP contribution < -0.4 is 5.32 Å². The third-order valence-electron chi connectivity index (χ3n) is 0.559. The standard InChI is InChI=1S/C4H6INO2/c1-2-3(7)6-4(5)8/h2H2,1H3,(H,6,7,8). The zero-order valence-corrected chi connectivity index (χ0v) is 6.56. The van der Waals surface area contributed by atoms with Gasteiger partial charge in [0.2, 0.25) is 5.91 Å². The summed E-state index contributed by atoms with van der Waals surface area (Å²) in [6.07, 6.45) is 0.356. The quantitative estimate of drug-likeness (QED) is 0.413. The van der Waals surface area contributed by atoms with Crippen molar-refractivity contribution in [1.29, 1.82) is 0 Å². The van der Waals surface area contributed by atoms with Gasteiger partial charge in [-0.25, -0.2) is 0 Å². The van der Waals surface area contributed by atoms with Crippen molar-refractivity contribution in [2.45, 2.75) is 13.3 Å². The Bertz CT molecular complexity index is 113. The molecule has 0 bridgehead atoms. The third-order valence-corrected chi connectivity index (χ3v) is 0.828. The summed E-state index contributed by atoms with van der Waals surface area (Å²) < 4.78 is -0.325. The van der Waals surface area contributed by atoms with E-state index in [2.05, 4.69) is 5.32 Å². The summed E-state index contributed by atoms with van der Waals surface area (Å²) in [6, 6.07) is 0. The second kappa shape index (κ2) is 3.82. The SMILES string of the molecule is CCC(=O)NC(=O)I. The summed E-state index contributed by atoms with van der Waals surface area (Å²) in [5.74, 6) is -0.232. The molecule has 0 fully saturated rings. The Morgan fingerprint density at radius 3 is 2.25 bits per heavy atom. The number of hydrogen-bond donors (Lipinski definition) is 1. The van der Waals surface area contributed by atoms with E-state index in [-0.39, 0.29) is 9.82 Å². The van der Waals surface area contributed by atoms with Crippen LogP contribution in [0.2, 0.25) is 0 Å². The van der Waals surface area contributed by atoms with Gasteiger partial charge in [-0.1, -0.05) is 6.92 Å². The summed E-state index contributed by atoms with van der Waals surface area (Å²) in [4.78, 5) is 20.4. The maximum atomic E-state index is 10.3. The van der Waals surface area contributed by atoms with Gasteiger partial charge in [-0.15, -0.1) is 0 Å². The van der Waals surface area contributed by atoms with Crippen LogP contribution in [0.1, 0.15) is 13.3 Å². The van der Waals surface area contributed by atoms with E-state index in [0.717, 1.165) is 0 Å². The maximum absolute atomic E-state index is 10.3. The number of amides is 2. The third kappa shape index (κ3) is 4.04. The highest BCUT2D eigenvalue weighted by Gasteiger charge is 1.97. The Hall–Kier alpha value is -0.130. The normalized spacial score (nSPS) is 8.25. The topological polar surface area (TPSA) is 46.2 Å². The molecule has 0 aromatic carbocycles. The first-order valence-electron chi connectivity index (χ1n) is 2.16. The monoisotopic (exact) mass is 227 g/mol. The molecule has 0 aromatic heterocycles. The van der Waals surface area contributed by atoms with Crippen molar-refractivity contribution >= 4 is 32.4 Å². The molecule has 0 aliphatic heterocycles. The van der Waals surface area contributed by atoms with Crippen LogP contribution in [0.5, 0.6) is 0 Å². The minimum Gasteiger partial charge on any atom is -0.288 e. The van der Waals surface area contributed by atoms with Crippen LogP contribution in [0.15, 0.2) is 0 Å². The van der Waals surface area contributed by atoms with Gasteiger partial charge in [0.15, 0.2) is 0 Å². The smallest absolute Gasteiger partial charge is 0.287 e. The van der Waals surface area contributed by atoms with E-state index in [1.807, 2.05) is 0 Å². The van der Waals surface area contributed by atoms with Gasteiger partial charge in [0, 0.05) is 29.0 Å². The Morgan fingerprint density at radius 1 is 1.62 bits per heavy atom. The molecule has 0 atom stereocenters. The predicted molar refractivity (Wildman–Crippen MR) is 37.8 cm³/mol. The highest BCUT2D eigenvalue weighted by Crippen LogP contribution is 1.83. The molecule has 0 aromatic rings. The van der Waals surface area contributed by atoms with Crippen LogP contribution in [-0.4, -0.2) is 9.82 Å². The van der Waals surface area contributed by atoms with Crippen LogP contribution in [0.4, 0.5) is 4.79 Å². The minimum atomic E-state index is -0.325. The molecule has 0 saturated heterocycles. The fraction of sp³-hybridized carbons (Fsp3) is 0.500. The predicted octanol–water partition coefficient (Wildman–Crippen LogP) is 1.07. The molecule has 0 saturated carbocycles. The van der Waals surface area contributed by atoms with E-state index in [1.165, 1.54) is 22.6 Å². The van der Waals surface area contributed by atoms with Gasteiger partial charge >= 0.3 is 0 Å². The Morgan fingerprint density at radius 2 is 2.12 bits per heavy atom. The molecule has 0 spiro atoms. The minimum absolute atomic E-state index is 0.232. The lowest BCUT2D eigenvalue weighted by molar-refractivity contribution is -0.119.